The minimum atomic E-state index is 0.295. The maximum absolute atomic E-state index is 5.43. The van der Waals surface area contributed by atoms with Gasteiger partial charge < -0.3 is 15.4 Å². The number of pyridine rings is 2. The standard InChI is InChI=1S/C23H23N9O/c1-2-16-10-15(3-4-19(16)24-7-1)13-32-23-22(30-31-32)26-12-21(29-23)27-17-5-8-25-20(11-17)28-18-6-9-33-14-18/h1-5,7-8,10-12,18,31H,6,9,13-14H2,(H,26,30)(H2,25,27,28,29). The molecule has 166 valence electrons. The van der Waals surface area contributed by atoms with Crippen molar-refractivity contribution in [2.75, 3.05) is 34.3 Å². The lowest BCUT2D eigenvalue weighted by Gasteiger charge is -2.17. The highest BCUT2D eigenvalue weighted by Crippen LogP contribution is 2.29. The lowest BCUT2D eigenvalue weighted by atomic mass is 10.1. The molecule has 1 saturated heterocycles. The van der Waals surface area contributed by atoms with Gasteiger partial charge in [-0.05, 0) is 36.2 Å². The Hall–Kier alpha value is -4.02. The zero-order valence-corrected chi connectivity index (χ0v) is 17.8. The summed E-state index contributed by atoms with van der Waals surface area (Å²) in [4.78, 5) is 18.1. The predicted molar refractivity (Wildman–Crippen MR) is 127 cm³/mol. The molecule has 2 aliphatic heterocycles. The number of fused-ring (bicyclic) bond motifs is 2. The fraction of sp³-hybridized carbons (Fsp3) is 0.217. The second kappa shape index (κ2) is 8.49. The maximum Gasteiger partial charge on any atom is 0.191 e. The summed E-state index contributed by atoms with van der Waals surface area (Å²) in [5.41, 5.74) is 9.22. The third kappa shape index (κ3) is 4.21. The zero-order chi connectivity index (χ0) is 22.0. The molecule has 4 N–H and O–H groups in total. The first kappa shape index (κ1) is 19.6. The third-order valence-electron chi connectivity index (χ3n) is 5.64. The van der Waals surface area contributed by atoms with Gasteiger partial charge in [0.1, 0.15) is 5.82 Å². The third-order valence-corrected chi connectivity index (χ3v) is 5.64. The van der Waals surface area contributed by atoms with Gasteiger partial charge in [-0.15, -0.1) is 5.53 Å². The van der Waals surface area contributed by atoms with Crippen LogP contribution in [-0.4, -0.2) is 39.2 Å². The average Bonchev–Trinajstić information content (AvgIpc) is 3.49. The van der Waals surface area contributed by atoms with Gasteiger partial charge in [0.25, 0.3) is 0 Å². The topological polar surface area (TPSA) is 112 Å². The monoisotopic (exact) mass is 441 g/mol. The molecule has 0 bridgehead atoms. The Morgan fingerprint density at radius 2 is 2.06 bits per heavy atom. The van der Waals surface area contributed by atoms with Gasteiger partial charge in [0, 0.05) is 36.1 Å². The fourth-order valence-electron chi connectivity index (χ4n) is 4.00. The van der Waals surface area contributed by atoms with Gasteiger partial charge in [-0.2, -0.15) is 0 Å². The number of hydrogen-bond acceptors (Lipinski definition) is 10. The minimum Gasteiger partial charge on any atom is -0.379 e. The lowest BCUT2D eigenvalue weighted by Crippen LogP contribution is -2.35. The smallest absolute Gasteiger partial charge is 0.191 e. The molecule has 1 fully saturated rings. The summed E-state index contributed by atoms with van der Waals surface area (Å²) in [5.74, 6) is 2.86. The van der Waals surface area contributed by atoms with Gasteiger partial charge >= 0.3 is 0 Å². The molecule has 2 aliphatic rings. The molecule has 1 aromatic carbocycles. The highest BCUT2D eigenvalue weighted by molar-refractivity contribution is 5.79. The molecular weight excluding hydrogens is 418 g/mol. The maximum atomic E-state index is 5.43. The van der Waals surface area contributed by atoms with Crippen molar-refractivity contribution in [3.05, 3.63) is 66.6 Å². The van der Waals surface area contributed by atoms with E-state index >= 15 is 0 Å². The largest absolute Gasteiger partial charge is 0.379 e. The Balaban J connectivity index is 1.19. The van der Waals surface area contributed by atoms with E-state index in [1.165, 1.54) is 0 Å². The Labute approximate surface area is 190 Å². The van der Waals surface area contributed by atoms with Crippen molar-refractivity contribution < 1.29 is 4.74 Å². The second-order valence-corrected chi connectivity index (χ2v) is 8.04. The number of anilines is 5. The zero-order valence-electron chi connectivity index (χ0n) is 17.8. The molecule has 10 nitrogen and oxygen atoms in total. The van der Waals surface area contributed by atoms with Gasteiger partial charge in [-0.3, -0.25) is 15.4 Å². The first-order valence-corrected chi connectivity index (χ1v) is 10.9. The van der Waals surface area contributed by atoms with Crippen LogP contribution in [-0.2, 0) is 11.3 Å². The molecule has 33 heavy (non-hydrogen) atoms. The second-order valence-electron chi connectivity index (χ2n) is 8.04. The molecule has 0 spiro atoms. The number of rotatable bonds is 6. The quantitative estimate of drug-likeness (QED) is 0.356. The molecule has 0 aliphatic carbocycles. The molecule has 0 amide bonds. The van der Waals surface area contributed by atoms with Gasteiger partial charge in [0.05, 0.1) is 30.9 Å². The summed E-state index contributed by atoms with van der Waals surface area (Å²) in [6.07, 6.45) is 6.26. The van der Waals surface area contributed by atoms with Crippen molar-refractivity contribution in [2.45, 2.75) is 19.0 Å². The summed E-state index contributed by atoms with van der Waals surface area (Å²) in [6, 6.07) is 14.4. The van der Waals surface area contributed by atoms with Crippen molar-refractivity contribution in [1.82, 2.24) is 25.5 Å². The van der Waals surface area contributed by atoms with E-state index in [0.717, 1.165) is 46.8 Å². The van der Waals surface area contributed by atoms with Crippen LogP contribution in [0.4, 0.5) is 29.0 Å². The SMILES string of the molecule is c1cnc2ccc(CN3NNc4ncc(Nc5ccnc(NC6CCOC6)c5)nc43)cc2c1. The molecule has 4 aromatic rings. The van der Waals surface area contributed by atoms with Crippen LogP contribution in [0.2, 0.25) is 0 Å². The Bertz CT molecular complexity index is 1290. The van der Waals surface area contributed by atoms with Crippen molar-refractivity contribution in [1.29, 1.82) is 0 Å². The van der Waals surface area contributed by atoms with Crippen molar-refractivity contribution in [3.8, 4) is 0 Å². The number of hydrogen-bond donors (Lipinski definition) is 4. The van der Waals surface area contributed by atoms with E-state index in [9.17, 15) is 0 Å². The number of ether oxygens (including phenoxy) is 1. The van der Waals surface area contributed by atoms with E-state index in [0.29, 0.717) is 30.8 Å². The van der Waals surface area contributed by atoms with Crippen LogP contribution < -0.4 is 26.6 Å². The van der Waals surface area contributed by atoms with Gasteiger partial charge in [-0.25, -0.2) is 15.0 Å². The van der Waals surface area contributed by atoms with Crippen LogP contribution >= 0.6 is 0 Å². The summed E-state index contributed by atoms with van der Waals surface area (Å²) >= 11 is 0. The number of nitrogens with one attached hydrogen (secondary N) is 4. The molecule has 1 atom stereocenters. The van der Waals surface area contributed by atoms with Crippen molar-refractivity contribution in [2.24, 2.45) is 0 Å². The van der Waals surface area contributed by atoms with Crippen LogP contribution in [0.15, 0.2) is 61.1 Å². The molecule has 1 unspecified atom stereocenters. The molecule has 10 heteroatoms. The highest BCUT2D eigenvalue weighted by atomic mass is 16.5. The summed E-state index contributed by atoms with van der Waals surface area (Å²) in [7, 11) is 0. The molecule has 6 rings (SSSR count). The minimum absolute atomic E-state index is 0.295. The van der Waals surface area contributed by atoms with E-state index in [1.807, 2.05) is 29.3 Å². The van der Waals surface area contributed by atoms with E-state index in [1.54, 1.807) is 18.6 Å². The highest BCUT2D eigenvalue weighted by Gasteiger charge is 2.22. The van der Waals surface area contributed by atoms with Crippen LogP contribution in [0, 0.1) is 0 Å². The fourth-order valence-corrected chi connectivity index (χ4v) is 4.00. The summed E-state index contributed by atoms with van der Waals surface area (Å²) < 4.78 is 5.43. The first-order valence-electron chi connectivity index (χ1n) is 10.9. The summed E-state index contributed by atoms with van der Waals surface area (Å²) in [6.45, 7) is 2.12. The Kier molecular flexibility index (Phi) is 5.06. The number of nitrogens with zero attached hydrogens (tertiary/aromatic N) is 5. The predicted octanol–water partition coefficient (Wildman–Crippen LogP) is 3.22. The lowest BCUT2D eigenvalue weighted by molar-refractivity contribution is 0.195. The van der Waals surface area contributed by atoms with E-state index in [-0.39, 0.29) is 0 Å². The van der Waals surface area contributed by atoms with Crippen molar-refractivity contribution in [3.63, 3.8) is 0 Å². The Morgan fingerprint density at radius 1 is 1.06 bits per heavy atom. The van der Waals surface area contributed by atoms with Gasteiger partial charge in [-0.1, -0.05) is 12.1 Å². The number of aromatic nitrogens is 4. The molecule has 3 aromatic heterocycles. The number of hydrazine groups is 2. The normalized spacial score (nSPS) is 17.1. The molecule has 5 heterocycles. The molecule has 0 saturated carbocycles. The van der Waals surface area contributed by atoms with Crippen LogP contribution in [0.1, 0.15) is 12.0 Å². The van der Waals surface area contributed by atoms with Crippen LogP contribution in [0.25, 0.3) is 10.9 Å². The van der Waals surface area contributed by atoms with E-state index in [4.69, 9.17) is 9.72 Å². The van der Waals surface area contributed by atoms with Gasteiger partial charge in [0.2, 0.25) is 0 Å². The first-order chi connectivity index (χ1) is 16.3. The van der Waals surface area contributed by atoms with Crippen molar-refractivity contribution >= 4 is 39.9 Å². The molecular formula is C23H23N9O. The van der Waals surface area contributed by atoms with Crippen LogP contribution in [0.3, 0.4) is 0 Å². The molecule has 0 radical (unpaired) electrons. The van der Waals surface area contributed by atoms with E-state index < -0.39 is 0 Å². The van der Waals surface area contributed by atoms with Gasteiger partial charge in [0.15, 0.2) is 17.5 Å². The number of benzene rings is 1. The van der Waals surface area contributed by atoms with E-state index in [2.05, 4.69) is 54.7 Å². The average molecular weight is 441 g/mol. The summed E-state index contributed by atoms with van der Waals surface area (Å²) in [5, 5.41) is 9.78. The van der Waals surface area contributed by atoms with Crippen LogP contribution in [0.5, 0.6) is 0 Å². The Morgan fingerprint density at radius 3 is 3.00 bits per heavy atom.